The molecule has 0 heteroatoms. The topological polar surface area (TPSA) is 0 Å². The lowest BCUT2D eigenvalue weighted by molar-refractivity contribution is 2.10. The van der Waals surface area contributed by atoms with Crippen LogP contribution in [-0.2, 0) is 0 Å². The van der Waals surface area contributed by atoms with Crippen molar-refractivity contribution < 1.29 is 0 Å². The number of rotatable bonds is 0. The second kappa shape index (κ2) is 98.2. The molecule has 0 fully saturated rings. The molecule has 0 rings (SSSR count). The smallest absolute Gasteiger partial charge is 0 e. The van der Waals surface area contributed by atoms with Gasteiger partial charge in [0.2, 0.25) is 0 Å². The summed E-state index contributed by atoms with van der Waals surface area (Å²) in [6, 6.07) is 0. The Labute approximate surface area is 724 Å². The summed E-state index contributed by atoms with van der Waals surface area (Å²) in [5, 5.41) is 0. The van der Waals surface area contributed by atoms with E-state index in [0.29, 0.717) is 0 Å². The van der Waals surface area contributed by atoms with E-state index in [2.05, 4.69) is 730 Å². The molecular weight excluding hydrogens is 1530 g/mol. The van der Waals surface area contributed by atoms with Gasteiger partial charge in [-0.05, 0) is 105 Å². The summed E-state index contributed by atoms with van der Waals surface area (Å²) in [7, 11) is 0. The van der Waals surface area contributed by atoms with E-state index in [9.17, 15) is 0 Å². The van der Waals surface area contributed by atoms with Crippen molar-refractivity contribution in [1.82, 2.24) is 0 Å². The molecule has 0 atom stereocenters. The molecule has 0 N–H and O–H groups in total. The predicted molar refractivity (Wildman–Crippen MR) is 450 cm³/mol. The van der Waals surface area contributed by atoms with Crippen molar-refractivity contribution in [3.63, 3.8) is 0 Å². The van der Waals surface area contributed by atoms with E-state index >= 15 is 0 Å². The van der Waals surface area contributed by atoms with Crippen LogP contribution in [0.2, 0.25) is 0 Å². The lowest BCUT2D eigenvalue weighted by Gasteiger charge is -1.41. The number of hydrogen-bond acceptors (Lipinski definition) is 0. The van der Waals surface area contributed by atoms with E-state index in [-0.39, 0.29) is 0 Å². The Hall–Kier alpha value is -27.8. The molecule has 0 radical (unpaired) electrons. The zero-order valence-corrected chi connectivity index (χ0v) is 63.9. The molecule has 0 nitrogen and oxygen atoms in total. The summed E-state index contributed by atoms with van der Waals surface area (Å²) in [4.78, 5) is 0. The third kappa shape index (κ3) is 98.2. The van der Waals surface area contributed by atoms with Gasteiger partial charge in [0.25, 0.3) is 0 Å². The van der Waals surface area contributed by atoms with Gasteiger partial charge in [0.1, 0.15) is 0 Å². The van der Waals surface area contributed by atoms with Crippen molar-refractivity contribution in [2.45, 2.75) is 0 Å². The van der Waals surface area contributed by atoms with Gasteiger partial charge < -0.3 is 0 Å². The lowest BCUT2D eigenvalue weighted by atomic mass is 10.6. The molecule has 0 saturated heterocycles. The van der Waals surface area contributed by atoms with E-state index in [1.807, 2.05) is 0 Å². The maximum Gasteiger partial charge on any atom is 0 e. The first kappa shape index (κ1) is 99.2. The molecule has 0 amide bonds. The van der Waals surface area contributed by atoms with Crippen molar-refractivity contribution in [1.29, 1.82) is 0 Å². The van der Waals surface area contributed by atoms with Gasteiger partial charge in [0.05, 0.1) is 0 Å². The highest BCUT2D eigenvalue weighted by atomic mass is 13.5. The van der Waals surface area contributed by atoms with Crippen LogP contribution in [0.3, 0.4) is 0 Å². The van der Waals surface area contributed by atoms with Crippen LogP contribution in [0.1, 0.15) is 0 Å². The summed E-state index contributed by atoms with van der Waals surface area (Å²) < 4.78 is 0. The van der Waals surface area contributed by atoms with Gasteiger partial charge in [-0.3, -0.25) is 0 Å². The van der Waals surface area contributed by atoms with Crippen LogP contribution >= 0.6 is 0 Å². The molecule has 0 aliphatic heterocycles. The fourth-order valence-corrected chi connectivity index (χ4v) is 3.87. The molecule has 127 heavy (non-hydrogen) atoms. The second-order valence-corrected chi connectivity index (χ2v) is 15.7. The molecular formula is C127H4. The second-order valence-electron chi connectivity index (χ2n) is 15.7. The molecule has 0 aliphatic rings. The summed E-state index contributed by atoms with van der Waals surface area (Å²) in [5.74, 6) is 0. The van der Waals surface area contributed by atoms with E-state index in [1.54, 1.807) is 0 Å². The summed E-state index contributed by atoms with van der Waals surface area (Å²) in [6.45, 7) is 6.64. The minimum absolute atomic E-state index is 2.37. The summed E-state index contributed by atoms with van der Waals surface area (Å²) in [5.41, 5.74) is 312. The van der Waals surface area contributed by atoms with Gasteiger partial charge in [-0.15, -0.1) is 0 Å². The molecule has 0 unspecified atom stereocenters. The first-order valence-corrected chi connectivity index (χ1v) is 31.7. The summed E-state index contributed by atoms with van der Waals surface area (Å²) >= 11 is 0. The van der Waals surface area contributed by atoms with Crippen LogP contribution in [0, 0.1) is 0 Å². The van der Waals surface area contributed by atoms with Crippen molar-refractivity contribution >= 4 is 0 Å². The van der Waals surface area contributed by atoms with Crippen LogP contribution in [0.4, 0.5) is 0 Å². The Balaban J connectivity index is 6.20. The van der Waals surface area contributed by atoms with Crippen LogP contribution in [0.5, 0.6) is 0 Å². The van der Waals surface area contributed by atoms with Crippen LogP contribution in [0.25, 0.3) is 0 Å². The third-order valence-electron chi connectivity index (χ3n) is 7.80. The van der Waals surface area contributed by atoms with Crippen LogP contribution in [0.15, 0.2) is 730 Å². The Bertz CT molecular complexity index is 9490. The SMILES string of the molecule is C=C=C=C=C=C=C=C=C=C=C=C=C=C=C=C=C=C=C=C=C=C=C=C=C=C=C=C=C=C=C=C=C=C=C=C=C=C=C=C=C=C=C=C=C=C=C=C=C=C=C=C=C=C=C=C=C=C=C=C=C=C=C=C=C=C=C=C=C=C=C=C=C=C=C=C=C=C=C=C=C=C=C=C=C=C=C=C=C=C=C=C=C=C=C=C=C=C=C=C=C=C=C=C=C=C=C=C=C=C=C=C=C=C=C=C=C=C=C=C=C=C=C=C=C=C=C. The molecule has 512 valence electrons. The Morgan fingerprint density at radius 1 is 0.0394 bits per heavy atom. The Morgan fingerprint density at radius 3 is 0.0866 bits per heavy atom. The molecule has 0 aromatic carbocycles. The molecule has 0 heterocycles. The normalized spacial score (nSPS) is 3.97. The first-order chi connectivity index (χ1) is 63.4. The fourth-order valence-electron chi connectivity index (χ4n) is 3.87. The largest absolute Gasteiger partial charge is 0.0687 e. The highest BCUT2D eigenvalue weighted by molar-refractivity contribution is 5.05. The van der Waals surface area contributed by atoms with Crippen molar-refractivity contribution in [3.8, 4) is 0 Å². The van der Waals surface area contributed by atoms with Gasteiger partial charge >= 0.3 is 0 Å². The minimum Gasteiger partial charge on any atom is -0.0687 e. The Morgan fingerprint density at radius 2 is 0.0630 bits per heavy atom. The van der Waals surface area contributed by atoms with Gasteiger partial charge in [0, 0.05) is 613 Å². The van der Waals surface area contributed by atoms with Gasteiger partial charge in [-0.1, -0.05) is 11.5 Å². The molecule has 0 aromatic heterocycles. The summed E-state index contributed by atoms with van der Waals surface area (Å²) in [6.07, 6.45) is 0. The molecule has 0 aliphatic carbocycles. The molecule has 0 spiro atoms. The zero-order chi connectivity index (χ0) is 90.4. The van der Waals surface area contributed by atoms with Crippen molar-refractivity contribution in [3.05, 3.63) is 730 Å². The zero-order valence-electron chi connectivity index (χ0n) is 63.9. The first-order valence-electron chi connectivity index (χ1n) is 31.7. The lowest BCUT2D eigenvalue weighted by Crippen LogP contribution is -1.26. The third-order valence-corrected chi connectivity index (χ3v) is 7.80. The quantitative estimate of drug-likeness (QED) is 0.212. The van der Waals surface area contributed by atoms with Crippen LogP contribution in [-0.4, -0.2) is 0 Å². The van der Waals surface area contributed by atoms with Gasteiger partial charge in [-0.2, -0.15) is 0 Å². The van der Waals surface area contributed by atoms with Gasteiger partial charge in [0.15, 0.2) is 0 Å². The van der Waals surface area contributed by atoms with Crippen molar-refractivity contribution in [2.24, 2.45) is 0 Å². The molecule has 0 saturated carbocycles. The van der Waals surface area contributed by atoms with Crippen LogP contribution < -0.4 is 0 Å². The number of hydrogen-bond donors (Lipinski definition) is 0. The van der Waals surface area contributed by atoms with Gasteiger partial charge in [-0.25, -0.2) is 0 Å². The highest BCUT2D eigenvalue weighted by Crippen LogP contribution is 1.69. The maximum atomic E-state index is 3.32. The average Bonchev–Trinajstić information content (AvgIpc) is 1.16. The molecule has 0 bridgehead atoms. The van der Waals surface area contributed by atoms with E-state index < -0.39 is 0 Å². The molecule has 0 aromatic rings. The Kier molecular flexibility index (Phi) is 76.8. The maximum absolute atomic E-state index is 3.32. The van der Waals surface area contributed by atoms with E-state index in [1.165, 1.54) is 0 Å². The van der Waals surface area contributed by atoms with E-state index in [0.717, 1.165) is 0 Å². The highest BCUT2D eigenvalue weighted by Gasteiger charge is 1.53. The fraction of sp³-hybridized carbons (Fsp3) is 0. The standard InChI is InChI=1S/C127H4/c1-3-5-7-9-11-13-15-17-19-21-23-25-27-29-31-33-35-37-39-41-43-45-47-49-51-53-55-57-59-61-63-65-67-69-71-73-75-77-79-81-83-85-87-89-91-93-95-97-99-101-103-105-107-109-111-113-115-117-119-121-123-125-127-126-124-122-120-118-116-114-112-110-108-106-104-102-100-98-96-94-92-90-88-86-84-82-80-78-76-74-72-70-68-66-64-62-60-58-56-54-52-50-48-46-44-42-40-38-36-34-32-30-28-26-24-22-20-18-16-14-12-10-8-6-4-2/h1-2H2. The van der Waals surface area contributed by atoms with Crippen molar-refractivity contribution in [2.75, 3.05) is 0 Å². The minimum atomic E-state index is 2.37. The monoisotopic (exact) mass is 1530 g/mol. The predicted octanol–water partition coefficient (Wildman–Crippen LogP) is 20.2. The van der Waals surface area contributed by atoms with E-state index in [4.69, 9.17) is 0 Å². The average molecular weight is 1530 g/mol.